The first-order valence-corrected chi connectivity index (χ1v) is 19.7. The summed E-state index contributed by atoms with van der Waals surface area (Å²) < 4.78 is 21.7. The maximum atomic E-state index is 13.9. The SMILES string of the molecule is Nc1ncc(-c2cnn(C3CCN(C(=O)CCCCCNc4cccc5c4C(=O)N([C@@H]4CCC(=O)NC4=O)C5=O)CC3)c2)cc1OCCc1c(Cl)ccc(F)c1Cl. The van der Waals surface area contributed by atoms with E-state index in [2.05, 4.69) is 20.7 Å². The molecule has 0 bridgehead atoms. The molecule has 57 heavy (non-hydrogen) atoms. The molecule has 0 aliphatic carbocycles. The van der Waals surface area contributed by atoms with E-state index in [1.807, 2.05) is 15.8 Å². The molecule has 4 aromatic rings. The molecule has 298 valence electrons. The first-order chi connectivity index (χ1) is 27.5. The highest BCUT2D eigenvalue weighted by Crippen LogP contribution is 2.34. The fraction of sp³-hybridized carbons (Fsp3) is 0.375. The Kier molecular flexibility index (Phi) is 12.0. The number of nitrogen functional groups attached to an aromatic ring is 1. The number of imide groups is 2. The lowest BCUT2D eigenvalue weighted by Gasteiger charge is -2.32. The van der Waals surface area contributed by atoms with Gasteiger partial charge in [0.15, 0.2) is 11.6 Å². The first-order valence-electron chi connectivity index (χ1n) is 18.9. The van der Waals surface area contributed by atoms with Gasteiger partial charge >= 0.3 is 0 Å². The largest absolute Gasteiger partial charge is 0.489 e. The van der Waals surface area contributed by atoms with Crippen molar-refractivity contribution in [2.75, 3.05) is 37.3 Å². The number of pyridine rings is 1. The molecule has 4 N–H and O–H groups in total. The fourth-order valence-corrected chi connectivity index (χ4v) is 8.04. The molecule has 2 aromatic carbocycles. The molecule has 2 saturated heterocycles. The van der Waals surface area contributed by atoms with Crippen LogP contribution in [0.2, 0.25) is 10.0 Å². The summed E-state index contributed by atoms with van der Waals surface area (Å²) in [6, 6.07) is 8.54. The molecule has 0 saturated carbocycles. The minimum atomic E-state index is -1.02. The molecule has 0 spiro atoms. The normalized spacial score (nSPS) is 17.2. The number of unbranched alkanes of at least 4 members (excludes halogenated alkanes) is 2. The molecular weight excluding hydrogens is 778 g/mol. The van der Waals surface area contributed by atoms with Crippen LogP contribution in [0.4, 0.5) is 15.9 Å². The number of fused-ring (bicyclic) bond motifs is 1. The number of benzene rings is 2. The Morgan fingerprint density at radius 2 is 1.81 bits per heavy atom. The Labute approximate surface area is 337 Å². The van der Waals surface area contributed by atoms with E-state index in [0.717, 1.165) is 41.7 Å². The zero-order valence-electron chi connectivity index (χ0n) is 30.9. The van der Waals surface area contributed by atoms with Crippen LogP contribution in [0.3, 0.4) is 0 Å². The minimum Gasteiger partial charge on any atom is -0.489 e. The van der Waals surface area contributed by atoms with Crippen molar-refractivity contribution in [3.05, 3.63) is 87.5 Å². The number of halogens is 3. The van der Waals surface area contributed by atoms with Crippen LogP contribution in [-0.2, 0) is 20.8 Å². The monoisotopic (exact) mass is 818 g/mol. The van der Waals surface area contributed by atoms with Gasteiger partial charge in [0.05, 0.1) is 35.0 Å². The van der Waals surface area contributed by atoms with E-state index in [1.165, 1.54) is 12.1 Å². The van der Waals surface area contributed by atoms with Crippen molar-refractivity contribution >= 4 is 64.2 Å². The number of anilines is 2. The summed E-state index contributed by atoms with van der Waals surface area (Å²) in [5.74, 6) is -2.01. The van der Waals surface area contributed by atoms with Gasteiger partial charge in [-0.15, -0.1) is 0 Å². The van der Waals surface area contributed by atoms with E-state index in [4.69, 9.17) is 33.7 Å². The molecule has 2 fully saturated rings. The molecule has 0 radical (unpaired) electrons. The standard InChI is InChI=1S/C40H41Cl2FN8O6/c41-28-8-9-29(43)36(42)26(28)14-18-57-32-19-23(20-46-37(32)44)24-21-47-50(22-24)25-12-16-49(17-13-25)34(53)7-2-1-3-15-45-30-6-4-5-27-35(30)40(56)51(39(27)55)31-10-11-33(52)48-38(31)54/h4-6,8-9,19-22,25,31,45H,1-3,7,10-18H2,(H2,44,46)(H,48,52,54)/t31-/m1/s1. The average molecular weight is 820 g/mol. The number of aromatic nitrogens is 3. The number of nitrogens with two attached hydrogens (primary N) is 1. The van der Waals surface area contributed by atoms with Crippen molar-refractivity contribution in [3.63, 3.8) is 0 Å². The summed E-state index contributed by atoms with van der Waals surface area (Å²) in [7, 11) is 0. The summed E-state index contributed by atoms with van der Waals surface area (Å²) in [6.45, 7) is 1.94. The van der Waals surface area contributed by atoms with Gasteiger partial charge in [0.1, 0.15) is 11.9 Å². The van der Waals surface area contributed by atoms with Crippen molar-refractivity contribution in [1.82, 2.24) is 29.9 Å². The molecule has 1 atom stereocenters. The van der Waals surface area contributed by atoms with Crippen molar-refractivity contribution in [2.24, 2.45) is 0 Å². The molecule has 2 aromatic heterocycles. The van der Waals surface area contributed by atoms with Crippen molar-refractivity contribution in [1.29, 1.82) is 0 Å². The van der Waals surface area contributed by atoms with E-state index in [1.54, 1.807) is 36.7 Å². The van der Waals surface area contributed by atoms with Crippen molar-refractivity contribution in [3.8, 4) is 16.9 Å². The maximum Gasteiger partial charge on any atom is 0.264 e. The summed E-state index contributed by atoms with van der Waals surface area (Å²) in [6.07, 6.45) is 10.00. The van der Waals surface area contributed by atoms with Gasteiger partial charge in [-0.1, -0.05) is 35.7 Å². The molecule has 7 rings (SSSR count). The molecule has 14 nitrogen and oxygen atoms in total. The lowest BCUT2D eigenvalue weighted by atomic mass is 10.0. The van der Waals surface area contributed by atoms with Gasteiger partial charge in [-0.25, -0.2) is 9.37 Å². The third-order valence-electron chi connectivity index (χ3n) is 10.6. The predicted molar refractivity (Wildman–Crippen MR) is 210 cm³/mol. The minimum absolute atomic E-state index is 0.0345. The molecule has 5 amide bonds. The van der Waals surface area contributed by atoms with E-state index in [9.17, 15) is 28.4 Å². The number of ether oxygens (including phenoxy) is 1. The third kappa shape index (κ3) is 8.59. The van der Waals surface area contributed by atoms with Gasteiger partial charge in [-0.3, -0.25) is 38.9 Å². The first kappa shape index (κ1) is 39.7. The second-order valence-electron chi connectivity index (χ2n) is 14.3. The van der Waals surface area contributed by atoms with Crippen molar-refractivity contribution < 1.29 is 33.1 Å². The number of rotatable bonds is 14. The Balaban J connectivity index is 0.833. The quantitative estimate of drug-likeness (QED) is 0.0796. The zero-order chi connectivity index (χ0) is 40.2. The smallest absolute Gasteiger partial charge is 0.264 e. The van der Waals surface area contributed by atoms with Crippen LogP contribution in [0.15, 0.2) is 55.0 Å². The van der Waals surface area contributed by atoms with Crippen LogP contribution in [0.25, 0.3) is 11.1 Å². The predicted octanol–water partition coefficient (Wildman–Crippen LogP) is 5.83. The maximum absolute atomic E-state index is 13.9. The summed E-state index contributed by atoms with van der Waals surface area (Å²) in [5.41, 5.74) is 9.10. The highest BCUT2D eigenvalue weighted by Gasteiger charge is 2.45. The highest BCUT2D eigenvalue weighted by molar-refractivity contribution is 6.36. The summed E-state index contributed by atoms with van der Waals surface area (Å²) in [5, 5.41) is 10.4. The van der Waals surface area contributed by atoms with Crippen LogP contribution in [-0.4, -0.2) is 86.4 Å². The van der Waals surface area contributed by atoms with E-state index in [0.29, 0.717) is 54.5 Å². The summed E-state index contributed by atoms with van der Waals surface area (Å²) >= 11 is 12.3. The van der Waals surface area contributed by atoms with Gasteiger partial charge in [0.2, 0.25) is 17.7 Å². The average Bonchev–Trinajstić information content (AvgIpc) is 3.80. The molecular formula is C40H41Cl2FN8O6. The van der Waals surface area contributed by atoms with E-state index < -0.39 is 35.5 Å². The number of likely N-dealkylation sites (tertiary alicyclic amines) is 1. The van der Waals surface area contributed by atoms with Gasteiger partial charge in [0.25, 0.3) is 11.8 Å². The Bertz CT molecular complexity index is 2230. The number of hydrogen-bond donors (Lipinski definition) is 3. The van der Waals surface area contributed by atoms with Crippen LogP contribution in [0.1, 0.15) is 83.7 Å². The van der Waals surface area contributed by atoms with Crippen LogP contribution >= 0.6 is 23.2 Å². The highest BCUT2D eigenvalue weighted by atomic mass is 35.5. The van der Waals surface area contributed by atoms with Crippen LogP contribution in [0, 0.1) is 5.82 Å². The second-order valence-corrected chi connectivity index (χ2v) is 15.0. The number of amides is 5. The number of nitrogens with one attached hydrogen (secondary N) is 2. The molecule has 3 aliphatic rings. The number of carbonyl (C=O) groups is 5. The van der Waals surface area contributed by atoms with E-state index >= 15 is 0 Å². The van der Waals surface area contributed by atoms with E-state index in [-0.39, 0.29) is 59.8 Å². The second kappa shape index (κ2) is 17.3. The molecule has 5 heterocycles. The molecule has 17 heteroatoms. The van der Waals surface area contributed by atoms with Crippen molar-refractivity contribution in [2.45, 2.75) is 69.9 Å². The van der Waals surface area contributed by atoms with Crippen LogP contribution < -0.4 is 21.1 Å². The number of nitrogens with zero attached hydrogens (tertiary/aromatic N) is 5. The van der Waals surface area contributed by atoms with Gasteiger partial charge in [0, 0.05) is 73.1 Å². The van der Waals surface area contributed by atoms with Gasteiger partial charge < -0.3 is 20.7 Å². The lowest BCUT2D eigenvalue weighted by molar-refractivity contribution is -0.136. The van der Waals surface area contributed by atoms with Gasteiger partial charge in [-0.05, 0) is 68.0 Å². The fourth-order valence-electron chi connectivity index (χ4n) is 7.48. The third-order valence-corrected chi connectivity index (χ3v) is 11.4. The Morgan fingerprint density at radius 1 is 1.00 bits per heavy atom. The Morgan fingerprint density at radius 3 is 2.60 bits per heavy atom. The number of piperidine rings is 2. The van der Waals surface area contributed by atoms with Gasteiger partial charge in [-0.2, -0.15) is 5.10 Å². The zero-order valence-corrected chi connectivity index (χ0v) is 32.5. The molecule has 0 unspecified atom stereocenters. The number of hydrogen-bond acceptors (Lipinski definition) is 10. The molecule has 3 aliphatic heterocycles. The topological polar surface area (TPSA) is 182 Å². The lowest BCUT2D eigenvalue weighted by Crippen LogP contribution is -2.54. The van der Waals surface area contributed by atoms with Crippen LogP contribution in [0.5, 0.6) is 5.75 Å². The Hall–Kier alpha value is -5.54. The summed E-state index contributed by atoms with van der Waals surface area (Å²) in [4.78, 5) is 70.6. The number of carbonyl (C=O) groups excluding carboxylic acids is 5.